The number of H-pyrrole nitrogens is 1. The van der Waals surface area contributed by atoms with E-state index in [0.29, 0.717) is 35.8 Å². The number of hydrogen-bond donors (Lipinski definition) is 1. The van der Waals surface area contributed by atoms with E-state index in [1.165, 1.54) is 0 Å². The van der Waals surface area contributed by atoms with Crippen LogP contribution in [0.2, 0.25) is 0 Å². The summed E-state index contributed by atoms with van der Waals surface area (Å²) in [6.45, 7) is 1.29. The minimum absolute atomic E-state index is 0.0236. The van der Waals surface area contributed by atoms with Crippen LogP contribution in [0.3, 0.4) is 0 Å². The van der Waals surface area contributed by atoms with Gasteiger partial charge in [-0.3, -0.25) is 14.7 Å². The Hall–Kier alpha value is -3.38. The number of carbonyl (C=O) groups is 2. The van der Waals surface area contributed by atoms with Gasteiger partial charge in [0.05, 0.1) is 12.8 Å². The fourth-order valence-corrected chi connectivity index (χ4v) is 4.79. The summed E-state index contributed by atoms with van der Waals surface area (Å²) in [5.41, 5.74) is 4.12. The first kappa shape index (κ1) is 20.5. The average molecular weight is 448 g/mol. The van der Waals surface area contributed by atoms with Gasteiger partial charge in [-0.2, -0.15) is 5.10 Å². The summed E-state index contributed by atoms with van der Waals surface area (Å²) in [5, 5.41) is 7.68. The fourth-order valence-electron chi connectivity index (χ4n) is 4.48. The Kier molecular flexibility index (Phi) is 5.31. The van der Waals surface area contributed by atoms with E-state index in [0.717, 1.165) is 35.5 Å². The molecule has 32 heavy (non-hydrogen) atoms. The maximum atomic E-state index is 13.1. The highest BCUT2D eigenvalue weighted by molar-refractivity contribution is 6.49. The molecule has 0 bridgehead atoms. The lowest BCUT2D eigenvalue weighted by Gasteiger charge is -2.35. The van der Waals surface area contributed by atoms with Gasteiger partial charge in [0.2, 0.25) is 11.6 Å². The molecule has 1 aliphatic heterocycles. The van der Waals surface area contributed by atoms with E-state index in [4.69, 9.17) is 16.3 Å². The maximum absolute atomic E-state index is 13.1. The maximum Gasteiger partial charge on any atom is 0.211 e. The number of ketones is 2. The van der Waals surface area contributed by atoms with Gasteiger partial charge in [0.1, 0.15) is 16.5 Å². The second kappa shape index (κ2) is 8.28. The summed E-state index contributed by atoms with van der Waals surface area (Å²) in [4.78, 5) is 27.7. The Bertz CT molecular complexity index is 1220. The molecule has 5 rings (SSSR count). The largest absolute Gasteiger partial charge is 0.497 e. The van der Waals surface area contributed by atoms with Crippen LogP contribution in [0.4, 0.5) is 0 Å². The highest BCUT2D eigenvalue weighted by Gasteiger charge is 2.36. The number of carbonyl (C=O) groups excluding carboxylic acids is 2. The minimum atomic E-state index is -0.281. The summed E-state index contributed by atoms with van der Waals surface area (Å²) in [5.74, 6) is 0.652. The number of Topliss-reactive ketones (excluding diaryl/α,β-unsaturated/α-hetero) is 2. The third-order valence-corrected chi connectivity index (χ3v) is 6.62. The molecule has 6 nitrogen and oxygen atoms in total. The third-order valence-electron chi connectivity index (χ3n) is 6.27. The topological polar surface area (TPSA) is 75.3 Å². The van der Waals surface area contributed by atoms with E-state index in [1.54, 1.807) is 31.4 Å². The molecule has 2 aliphatic rings. The first-order valence-electron chi connectivity index (χ1n) is 10.6. The quantitative estimate of drug-likeness (QED) is 0.622. The molecule has 0 unspecified atom stereocenters. The Labute approximate surface area is 190 Å². The SMILES string of the molecule is COc1ccc(-c2cc(C3CCN(C4=C(Cl)C(=O)c5ccccc5C4=O)CC3)[nH]n2)cc1. The number of fused-ring (bicyclic) bond motifs is 1. The van der Waals surface area contributed by atoms with Crippen molar-refractivity contribution < 1.29 is 14.3 Å². The van der Waals surface area contributed by atoms with Gasteiger partial charge >= 0.3 is 0 Å². The zero-order valence-corrected chi connectivity index (χ0v) is 18.4. The molecule has 0 atom stereocenters. The number of aromatic nitrogens is 2. The van der Waals surface area contributed by atoms with Gasteiger partial charge < -0.3 is 9.64 Å². The number of aromatic amines is 1. The van der Waals surface area contributed by atoms with Crippen molar-refractivity contribution in [1.82, 2.24) is 15.1 Å². The Morgan fingerprint density at radius 2 is 1.66 bits per heavy atom. The van der Waals surface area contributed by atoms with Gasteiger partial charge in [0.15, 0.2) is 0 Å². The average Bonchev–Trinajstić information content (AvgIpc) is 3.34. The van der Waals surface area contributed by atoms with E-state index in [-0.39, 0.29) is 16.6 Å². The predicted molar refractivity (Wildman–Crippen MR) is 122 cm³/mol. The van der Waals surface area contributed by atoms with Crippen molar-refractivity contribution in [3.05, 3.63) is 82.1 Å². The van der Waals surface area contributed by atoms with E-state index >= 15 is 0 Å². The van der Waals surface area contributed by atoms with Crippen molar-refractivity contribution in [3.63, 3.8) is 0 Å². The van der Waals surface area contributed by atoms with Crippen LogP contribution in [-0.4, -0.2) is 46.9 Å². The van der Waals surface area contributed by atoms with Crippen LogP contribution in [0.15, 0.2) is 65.3 Å². The number of hydrogen-bond acceptors (Lipinski definition) is 5. The number of nitrogens with one attached hydrogen (secondary N) is 1. The smallest absolute Gasteiger partial charge is 0.211 e. The molecule has 0 radical (unpaired) electrons. The van der Waals surface area contributed by atoms with Crippen molar-refractivity contribution in [2.75, 3.05) is 20.2 Å². The highest BCUT2D eigenvalue weighted by Crippen LogP contribution is 2.35. The summed E-state index contributed by atoms with van der Waals surface area (Å²) in [6.07, 6.45) is 1.67. The van der Waals surface area contributed by atoms with Crippen LogP contribution >= 0.6 is 11.6 Å². The van der Waals surface area contributed by atoms with Gasteiger partial charge in [-0.1, -0.05) is 35.9 Å². The number of methoxy groups -OCH3 is 1. The van der Waals surface area contributed by atoms with Gasteiger partial charge in [-0.15, -0.1) is 0 Å². The van der Waals surface area contributed by atoms with Gasteiger partial charge in [0, 0.05) is 41.4 Å². The minimum Gasteiger partial charge on any atom is -0.497 e. The van der Waals surface area contributed by atoms with E-state index < -0.39 is 0 Å². The van der Waals surface area contributed by atoms with E-state index in [1.807, 2.05) is 29.2 Å². The van der Waals surface area contributed by atoms with Crippen molar-refractivity contribution in [2.24, 2.45) is 0 Å². The number of allylic oxidation sites excluding steroid dienone is 2. The van der Waals surface area contributed by atoms with Crippen LogP contribution in [0.1, 0.15) is 45.2 Å². The fraction of sp³-hybridized carbons (Fsp3) is 0.240. The van der Waals surface area contributed by atoms with E-state index in [2.05, 4.69) is 16.3 Å². The number of likely N-dealkylation sites (tertiary alicyclic amines) is 1. The van der Waals surface area contributed by atoms with Gasteiger partial charge in [-0.25, -0.2) is 0 Å². The monoisotopic (exact) mass is 447 g/mol. The number of halogens is 1. The lowest BCUT2D eigenvalue weighted by atomic mass is 9.89. The van der Waals surface area contributed by atoms with Crippen molar-refractivity contribution in [2.45, 2.75) is 18.8 Å². The summed E-state index contributed by atoms with van der Waals surface area (Å²) in [7, 11) is 1.65. The molecule has 1 aromatic heterocycles. The number of piperidine rings is 1. The van der Waals surface area contributed by atoms with Crippen LogP contribution in [0.25, 0.3) is 11.3 Å². The van der Waals surface area contributed by atoms with Crippen molar-refractivity contribution in [3.8, 4) is 17.0 Å². The Balaban J connectivity index is 1.31. The molecular formula is C25H22ClN3O3. The Morgan fingerprint density at radius 1 is 1.00 bits per heavy atom. The van der Waals surface area contributed by atoms with Gasteiger partial charge in [-0.05, 0) is 43.2 Å². The molecule has 2 aromatic carbocycles. The second-order valence-electron chi connectivity index (χ2n) is 8.06. The standard InChI is InChI=1S/C25H22ClN3O3/c1-32-17-8-6-15(7-9-17)20-14-21(28-27-20)16-10-12-29(13-11-16)23-22(26)24(30)18-4-2-3-5-19(18)25(23)31/h2-9,14,16H,10-13H2,1H3,(H,27,28). The zero-order valence-electron chi connectivity index (χ0n) is 17.6. The normalized spacial score (nSPS) is 17.0. The first-order chi connectivity index (χ1) is 15.6. The molecule has 7 heteroatoms. The predicted octanol–water partition coefficient (Wildman–Crippen LogP) is 4.79. The van der Waals surface area contributed by atoms with Gasteiger partial charge in [0.25, 0.3) is 0 Å². The summed E-state index contributed by atoms with van der Waals surface area (Å²) >= 11 is 6.38. The number of ether oxygens (including phenoxy) is 1. The van der Waals surface area contributed by atoms with Crippen LogP contribution < -0.4 is 4.74 Å². The molecule has 162 valence electrons. The molecular weight excluding hydrogens is 426 g/mol. The Morgan fingerprint density at radius 3 is 2.31 bits per heavy atom. The second-order valence-corrected chi connectivity index (χ2v) is 8.44. The zero-order chi connectivity index (χ0) is 22.2. The van der Waals surface area contributed by atoms with E-state index in [9.17, 15) is 9.59 Å². The molecule has 0 amide bonds. The van der Waals surface area contributed by atoms with Crippen LogP contribution in [0.5, 0.6) is 5.75 Å². The van der Waals surface area contributed by atoms with Crippen molar-refractivity contribution >= 4 is 23.2 Å². The molecule has 1 N–H and O–H groups in total. The molecule has 2 heterocycles. The first-order valence-corrected chi connectivity index (χ1v) is 11.0. The lowest BCUT2D eigenvalue weighted by molar-refractivity contribution is 0.0937. The lowest BCUT2D eigenvalue weighted by Crippen LogP contribution is -2.38. The third kappa shape index (κ3) is 3.50. The molecule has 0 saturated carbocycles. The number of nitrogens with zero attached hydrogens (tertiary/aromatic N) is 2. The molecule has 1 fully saturated rings. The molecule has 1 saturated heterocycles. The number of benzene rings is 2. The molecule has 0 spiro atoms. The van der Waals surface area contributed by atoms with Crippen LogP contribution in [0, 0.1) is 0 Å². The van der Waals surface area contributed by atoms with Crippen molar-refractivity contribution in [1.29, 1.82) is 0 Å². The number of rotatable bonds is 4. The van der Waals surface area contributed by atoms with Crippen LogP contribution in [-0.2, 0) is 0 Å². The highest BCUT2D eigenvalue weighted by atomic mass is 35.5. The molecule has 1 aliphatic carbocycles. The summed E-state index contributed by atoms with van der Waals surface area (Å²) in [6, 6.07) is 16.7. The summed E-state index contributed by atoms with van der Waals surface area (Å²) < 4.78 is 5.22. The molecule has 3 aromatic rings.